The molecule has 1 aromatic rings. The number of rotatable bonds is 3. The smallest absolute Gasteiger partial charge is 0.252 e. The van der Waals surface area contributed by atoms with Crippen molar-refractivity contribution in [3.8, 4) is 11.5 Å². The summed E-state index contributed by atoms with van der Waals surface area (Å²) in [4.78, 5) is 0. The first-order chi connectivity index (χ1) is 7.90. The van der Waals surface area contributed by atoms with Gasteiger partial charge in [0.1, 0.15) is 0 Å². The van der Waals surface area contributed by atoms with E-state index < -0.39 is 11.5 Å². The van der Waals surface area contributed by atoms with Crippen LogP contribution in [0.3, 0.4) is 0 Å². The first-order valence-electron chi connectivity index (χ1n) is 5.29. The number of methoxy groups -OCH3 is 2. The zero-order valence-corrected chi connectivity index (χ0v) is 9.80. The molecule has 0 heterocycles. The Morgan fingerprint density at radius 1 is 1.12 bits per heavy atom. The second-order valence-corrected chi connectivity index (χ2v) is 4.44. The van der Waals surface area contributed by atoms with Gasteiger partial charge in [-0.25, -0.2) is 8.78 Å². The number of halogens is 2. The van der Waals surface area contributed by atoms with Crippen molar-refractivity contribution in [2.24, 2.45) is 5.73 Å². The second-order valence-electron chi connectivity index (χ2n) is 4.44. The Balaban J connectivity index is 2.29. The first-order valence-corrected chi connectivity index (χ1v) is 5.29. The number of nitrogens with two attached hydrogens (primary N) is 1. The molecular weight excluding hydrogens is 228 g/mol. The van der Waals surface area contributed by atoms with E-state index in [1.54, 1.807) is 18.2 Å². The van der Waals surface area contributed by atoms with E-state index in [-0.39, 0.29) is 12.8 Å². The van der Waals surface area contributed by atoms with Crippen molar-refractivity contribution in [2.75, 3.05) is 14.2 Å². The molecule has 0 saturated heterocycles. The van der Waals surface area contributed by atoms with E-state index in [1.165, 1.54) is 14.2 Å². The van der Waals surface area contributed by atoms with Gasteiger partial charge >= 0.3 is 0 Å². The Labute approximate surface area is 98.5 Å². The fourth-order valence-electron chi connectivity index (χ4n) is 2.22. The molecule has 1 saturated carbocycles. The Hall–Kier alpha value is -1.36. The molecule has 1 aliphatic carbocycles. The van der Waals surface area contributed by atoms with Crippen LogP contribution in [-0.4, -0.2) is 20.1 Å². The van der Waals surface area contributed by atoms with Gasteiger partial charge in [0.2, 0.25) is 0 Å². The minimum absolute atomic E-state index is 0.324. The molecule has 0 aliphatic heterocycles. The molecule has 0 amide bonds. The van der Waals surface area contributed by atoms with E-state index in [9.17, 15) is 8.78 Å². The number of alkyl halides is 2. The first kappa shape index (κ1) is 12.1. The lowest BCUT2D eigenvalue weighted by Gasteiger charge is -2.45. The van der Waals surface area contributed by atoms with Gasteiger partial charge in [-0.15, -0.1) is 0 Å². The Bertz CT molecular complexity index is 427. The Morgan fingerprint density at radius 2 is 1.71 bits per heavy atom. The van der Waals surface area contributed by atoms with Crippen LogP contribution in [0.15, 0.2) is 18.2 Å². The highest BCUT2D eigenvalue weighted by Gasteiger charge is 2.55. The largest absolute Gasteiger partial charge is 0.493 e. The molecule has 0 atom stereocenters. The summed E-state index contributed by atoms with van der Waals surface area (Å²) in [7, 11) is 3.02. The summed E-state index contributed by atoms with van der Waals surface area (Å²) < 4.78 is 36.0. The Kier molecular flexibility index (Phi) is 2.73. The standard InChI is InChI=1S/C12H15F2NO2/c1-16-9-4-3-8(5-10(9)17-2)11(15)6-12(13,14)7-11/h3-5H,6-7,15H2,1-2H3. The van der Waals surface area contributed by atoms with Crippen LogP contribution in [0.1, 0.15) is 18.4 Å². The highest BCUT2D eigenvalue weighted by Crippen LogP contribution is 2.50. The monoisotopic (exact) mass is 243 g/mol. The van der Waals surface area contributed by atoms with Crippen molar-refractivity contribution in [2.45, 2.75) is 24.3 Å². The third kappa shape index (κ3) is 2.07. The lowest BCUT2D eigenvalue weighted by Crippen LogP contribution is -2.55. The molecule has 1 fully saturated rings. The maximum Gasteiger partial charge on any atom is 0.252 e. The van der Waals surface area contributed by atoms with Gasteiger partial charge in [0.05, 0.1) is 19.8 Å². The lowest BCUT2D eigenvalue weighted by molar-refractivity contribution is -0.125. The SMILES string of the molecule is COc1ccc(C2(N)CC(F)(F)C2)cc1OC. The quantitative estimate of drug-likeness (QED) is 0.885. The van der Waals surface area contributed by atoms with Gasteiger partial charge in [-0.05, 0) is 17.7 Å². The average molecular weight is 243 g/mol. The summed E-state index contributed by atoms with van der Waals surface area (Å²) in [5.41, 5.74) is 5.64. The van der Waals surface area contributed by atoms with Crippen LogP contribution in [0.2, 0.25) is 0 Å². The number of hydrogen-bond acceptors (Lipinski definition) is 3. The van der Waals surface area contributed by atoms with E-state index >= 15 is 0 Å². The molecule has 0 radical (unpaired) electrons. The van der Waals surface area contributed by atoms with E-state index in [0.717, 1.165) is 0 Å². The van der Waals surface area contributed by atoms with Crippen molar-refractivity contribution in [1.29, 1.82) is 0 Å². The molecule has 3 nitrogen and oxygen atoms in total. The molecule has 0 aromatic heterocycles. The predicted octanol–water partition coefficient (Wildman–Crippen LogP) is 2.29. The van der Waals surface area contributed by atoms with E-state index in [2.05, 4.69) is 0 Å². The molecule has 0 spiro atoms. The molecule has 1 aliphatic rings. The topological polar surface area (TPSA) is 44.5 Å². The third-order valence-electron chi connectivity index (χ3n) is 3.11. The maximum absolute atomic E-state index is 12.9. The van der Waals surface area contributed by atoms with Crippen molar-refractivity contribution < 1.29 is 18.3 Å². The predicted molar refractivity (Wildman–Crippen MR) is 59.6 cm³/mol. The molecule has 1 aromatic carbocycles. The van der Waals surface area contributed by atoms with Crippen LogP contribution in [0.5, 0.6) is 11.5 Å². The minimum Gasteiger partial charge on any atom is -0.493 e. The third-order valence-corrected chi connectivity index (χ3v) is 3.11. The maximum atomic E-state index is 12.9. The van der Waals surface area contributed by atoms with Gasteiger partial charge in [-0.2, -0.15) is 0 Å². The molecular formula is C12H15F2NO2. The van der Waals surface area contributed by atoms with Gasteiger partial charge in [0.15, 0.2) is 11.5 Å². The summed E-state index contributed by atoms with van der Waals surface area (Å²) in [5, 5.41) is 0. The van der Waals surface area contributed by atoms with E-state index in [4.69, 9.17) is 15.2 Å². The van der Waals surface area contributed by atoms with Crippen molar-refractivity contribution in [3.63, 3.8) is 0 Å². The van der Waals surface area contributed by atoms with Gasteiger partial charge < -0.3 is 15.2 Å². The van der Waals surface area contributed by atoms with Gasteiger partial charge in [0, 0.05) is 12.8 Å². The lowest BCUT2D eigenvalue weighted by atomic mass is 9.70. The highest BCUT2D eigenvalue weighted by atomic mass is 19.3. The average Bonchev–Trinajstić information content (AvgIpc) is 2.25. The van der Waals surface area contributed by atoms with Crippen LogP contribution in [0.4, 0.5) is 8.78 Å². The molecule has 0 bridgehead atoms. The van der Waals surface area contributed by atoms with Crippen molar-refractivity contribution in [3.05, 3.63) is 23.8 Å². The van der Waals surface area contributed by atoms with Gasteiger partial charge in [0.25, 0.3) is 5.92 Å². The number of hydrogen-bond donors (Lipinski definition) is 1. The number of benzene rings is 1. The van der Waals surface area contributed by atoms with Crippen molar-refractivity contribution >= 4 is 0 Å². The molecule has 2 rings (SSSR count). The van der Waals surface area contributed by atoms with Crippen LogP contribution in [-0.2, 0) is 5.54 Å². The molecule has 2 N–H and O–H groups in total. The molecule has 17 heavy (non-hydrogen) atoms. The molecule has 5 heteroatoms. The normalized spacial score (nSPS) is 20.5. The van der Waals surface area contributed by atoms with Gasteiger partial charge in [-0.1, -0.05) is 6.07 Å². The van der Waals surface area contributed by atoms with E-state index in [0.29, 0.717) is 17.1 Å². The summed E-state index contributed by atoms with van der Waals surface area (Å²) in [6.07, 6.45) is -0.648. The van der Waals surface area contributed by atoms with Gasteiger partial charge in [-0.3, -0.25) is 0 Å². The summed E-state index contributed by atoms with van der Waals surface area (Å²) in [6, 6.07) is 5.05. The molecule has 94 valence electrons. The van der Waals surface area contributed by atoms with Crippen molar-refractivity contribution in [1.82, 2.24) is 0 Å². The highest BCUT2D eigenvalue weighted by molar-refractivity contribution is 5.45. The van der Waals surface area contributed by atoms with Crippen LogP contribution >= 0.6 is 0 Å². The van der Waals surface area contributed by atoms with Crippen LogP contribution in [0, 0.1) is 0 Å². The Morgan fingerprint density at radius 3 is 2.18 bits per heavy atom. The molecule has 0 unspecified atom stereocenters. The number of ether oxygens (including phenoxy) is 2. The fraction of sp³-hybridized carbons (Fsp3) is 0.500. The summed E-state index contributed by atoms with van der Waals surface area (Å²) in [5.74, 6) is -1.59. The zero-order chi connectivity index (χ0) is 12.7. The van der Waals surface area contributed by atoms with Crippen LogP contribution in [0.25, 0.3) is 0 Å². The fourth-order valence-corrected chi connectivity index (χ4v) is 2.22. The summed E-state index contributed by atoms with van der Waals surface area (Å²) >= 11 is 0. The van der Waals surface area contributed by atoms with Crippen LogP contribution < -0.4 is 15.2 Å². The second kappa shape index (κ2) is 3.84. The minimum atomic E-state index is -2.65. The van der Waals surface area contributed by atoms with E-state index in [1.807, 2.05) is 0 Å². The zero-order valence-electron chi connectivity index (χ0n) is 9.80. The summed E-state index contributed by atoms with van der Waals surface area (Å²) in [6.45, 7) is 0.